The highest BCUT2D eigenvalue weighted by Crippen LogP contribution is 2.26. The molecule has 1 aromatic heterocycles. The molecule has 1 nitrogen and oxygen atoms in total. The zero-order chi connectivity index (χ0) is 12.1. The lowest BCUT2D eigenvalue weighted by atomic mass is 9.84. The molecule has 1 saturated carbocycles. The zero-order valence-corrected chi connectivity index (χ0v) is 11.9. The van der Waals surface area contributed by atoms with Crippen molar-refractivity contribution < 1.29 is 0 Å². The monoisotopic (exact) mass is 251 g/mol. The summed E-state index contributed by atoms with van der Waals surface area (Å²) in [5.41, 5.74) is 1.48. The summed E-state index contributed by atoms with van der Waals surface area (Å²) in [6.07, 6.45) is 8.36. The summed E-state index contributed by atoms with van der Waals surface area (Å²) >= 11 is 1.80. The topological polar surface area (TPSA) is 12.0 Å². The van der Waals surface area contributed by atoms with Crippen LogP contribution in [0, 0.1) is 5.92 Å². The van der Waals surface area contributed by atoms with Crippen molar-refractivity contribution in [3.63, 3.8) is 0 Å². The Morgan fingerprint density at radius 2 is 2.06 bits per heavy atom. The van der Waals surface area contributed by atoms with E-state index in [0.717, 1.165) is 5.92 Å². The summed E-state index contributed by atoms with van der Waals surface area (Å²) in [7, 11) is 0. The van der Waals surface area contributed by atoms with Crippen molar-refractivity contribution in [2.75, 3.05) is 0 Å². The third-order valence-corrected chi connectivity index (χ3v) is 4.76. The molecule has 96 valence electrons. The van der Waals surface area contributed by atoms with E-state index in [2.05, 4.69) is 36.0 Å². The molecule has 0 spiro atoms. The number of hydrogen-bond donors (Lipinski definition) is 1. The first-order valence-corrected chi connectivity index (χ1v) is 7.97. The van der Waals surface area contributed by atoms with Crippen LogP contribution in [0.5, 0.6) is 0 Å². The Hall–Kier alpha value is -0.340. The SMILES string of the molecule is CC(Cc1ccsc1)NC(C)C1CCCCC1. The summed E-state index contributed by atoms with van der Waals surface area (Å²) in [6, 6.07) is 3.53. The first-order chi connectivity index (χ1) is 8.25. The molecule has 1 aliphatic rings. The molecule has 0 aliphatic heterocycles. The quantitative estimate of drug-likeness (QED) is 0.825. The van der Waals surface area contributed by atoms with E-state index < -0.39 is 0 Å². The van der Waals surface area contributed by atoms with Crippen molar-refractivity contribution in [1.82, 2.24) is 5.32 Å². The van der Waals surface area contributed by atoms with Crippen LogP contribution < -0.4 is 5.32 Å². The summed E-state index contributed by atoms with van der Waals surface area (Å²) in [4.78, 5) is 0. The Morgan fingerprint density at radius 3 is 2.71 bits per heavy atom. The standard InChI is InChI=1S/C15H25NS/c1-12(10-14-8-9-17-11-14)16-13(2)15-6-4-3-5-7-15/h8-9,11-13,15-16H,3-7,10H2,1-2H3. The normalized spacial score (nSPS) is 21.3. The Morgan fingerprint density at radius 1 is 1.29 bits per heavy atom. The van der Waals surface area contributed by atoms with Crippen molar-refractivity contribution in [1.29, 1.82) is 0 Å². The summed E-state index contributed by atoms with van der Waals surface area (Å²) < 4.78 is 0. The van der Waals surface area contributed by atoms with Gasteiger partial charge >= 0.3 is 0 Å². The van der Waals surface area contributed by atoms with Crippen LogP contribution in [0.3, 0.4) is 0 Å². The fourth-order valence-corrected chi connectivity index (χ4v) is 3.72. The maximum atomic E-state index is 3.79. The van der Waals surface area contributed by atoms with Gasteiger partial charge in [-0.1, -0.05) is 19.3 Å². The summed E-state index contributed by atoms with van der Waals surface area (Å²) in [6.45, 7) is 4.69. The van der Waals surface area contributed by atoms with Crippen LogP contribution in [0.1, 0.15) is 51.5 Å². The largest absolute Gasteiger partial charge is 0.311 e. The van der Waals surface area contributed by atoms with E-state index in [4.69, 9.17) is 0 Å². The van der Waals surface area contributed by atoms with Crippen LogP contribution in [-0.4, -0.2) is 12.1 Å². The van der Waals surface area contributed by atoms with Gasteiger partial charge in [-0.05, 0) is 61.4 Å². The highest BCUT2D eigenvalue weighted by Gasteiger charge is 2.20. The lowest BCUT2D eigenvalue weighted by Gasteiger charge is -2.30. The molecular weight excluding hydrogens is 226 g/mol. The van der Waals surface area contributed by atoms with Gasteiger partial charge in [-0.2, -0.15) is 11.3 Å². The molecule has 2 heteroatoms. The molecule has 1 N–H and O–H groups in total. The molecule has 1 aliphatic carbocycles. The van der Waals surface area contributed by atoms with Gasteiger partial charge in [0.15, 0.2) is 0 Å². The molecule has 2 unspecified atom stereocenters. The van der Waals surface area contributed by atoms with Crippen molar-refractivity contribution >= 4 is 11.3 Å². The van der Waals surface area contributed by atoms with E-state index in [1.807, 2.05) is 0 Å². The van der Waals surface area contributed by atoms with Gasteiger partial charge in [0.2, 0.25) is 0 Å². The number of rotatable bonds is 5. The highest BCUT2D eigenvalue weighted by molar-refractivity contribution is 7.07. The van der Waals surface area contributed by atoms with Gasteiger partial charge < -0.3 is 5.32 Å². The molecule has 0 amide bonds. The van der Waals surface area contributed by atoms with Crippen LogP contribution >= 0.6 is 11.3 Å². The predicted molar refractivity (Wildman–Crippen MR) is 76.7 cm³/mol. The van der Waals surface area contributed by atoms with Gasteiger partial charge in [-0.25, -0.2) is 0 Å². The van der Waals surface area contributed by atoms with Crippen LogP contribution in [0.2, 0.25) is 0 Å². The van der Waals surface area contributed by atoms with Gasteiger partial charge in [0.05, 0.1) is 0 Å². The number of nitrogens with one attached hydrogen (secondary N) is 1. The van der Waals surface area contributed by atoms with Crippen molar-refractivity contribution in [2.45, 2.75) is 64.5 Å². The lowest BCUT2D eigenvalue weighted by Crippen LogP contribution is -2.41. The minimum Gasteiger partial charge on any atom is -0.311 e. The summed E-state index contributed by atoms with van der Waals surface area (Å²) in [5, 5.41) is 8.23. The van der Waals surface area contributed by atoms with Gasteiger partial charge in [-0.15, -0.1) is 0 Å². The molecule has 1 heterocycles. The average molecular weight is 251 g/mol. The van der Waals surface area contributed by atoms with E-state index in [1.54, 1.807) is 11.3 Å². The van der Waals surface area contributed by atoms with E-state index >= 15 is 0 Å². The van der Waals surface area contributed by atoms with E-state index in [-0.39, 0.29) is 0 Å². The minimum atomic E-state index is 0.599. The minimum absolute atomic E-state index is 0.599. The summed E-state index contributed by atoms with van der Waals surface area (Å²) in [5.74, 6) is 0.911. The zero-order valence-electron chi connectivity index (χ0n) is 11.1. The second-order valence-corrected chi connectivity index (χ2v) is 6.37. The van der Waals surface area contributed by atoms with Crippen molar-refractivity contribution in [2.24, 2.45) is 5.92 Å². The smallest absolute Gasteiger partial charge is 0.00820 e. The third-order valence-electron chi connectivity index (χ3n) is 4.03. The van der Waals surface area contributed by atoms with Gasteiger partial charge in [0, 0.05) is 12.1 Å². The van der Waals surface area contributed by atoms with Crippen LogP contribution in [0.15, 0.2) is 16.8 Å². The van der Waals surface area contributed by atoms with E-state index in [0.29, 0.717) is 12.1 Å². The Labute approximate surface area is 110 Å². The van der Waals surface area contributed by atoms with E-state index in [1.165, 1.54) is 44.1 Å². The molecule has 1 fully saturated rings. The molecule has 0 aromatic carbocycles. The van der Waals surface area contributed by atoms with Gasteiger partial charge in [0.1, 0.15) is 0 Å². The number of hydrogen-bond acceptors (Lipinski definition) is 2. The molecule has 0 radical (unpaired) electrons. The number of thiophene rings is 1. The average Bonchev–Trinajstić information content (AvgIpc) is 2.82. The highest BCUT2D eigenvalue weighted by atomic mass is 32.1. The van der Waals surface area contributed by atoms with Crippen LogP contribution in [-0.2, 0) is 6.42 Å². The van der Waals surface area contributed by atoms with Crippen LogP contribution in [0.4, 0.5) is 0 Å². The molecule has 2 rings (SSSR count). The molecule has 1 aromatic rings. The lowest BCUT2D eigenvalue weighted by molar-refractivity contribution is 0.267. The van der Waals surface area contributed by atoms with Crippen molar-refractivity contribution in [3.05, 3.63) is 22.4 Å². The predicted octanol–water partition coefficient (Wildman–Crippen LogP) is 4.24. The Balaban J connectivity index is 1.75. The molecular formula is C15H25NS. The maximum Gasteiger partial charge on any atom is 0.00820 e. The molecule has 17 heavy (non-hydrogen) atoms. The van der Waals surface area contributed by atoms with E-state index in [9.17, 15) is 0 Å². The second-order valence-electron chi connectivity index (χ2n) is 5.59. The van der Waals surface area contributed by atoms with Gasteiger partial charge in [-0.3, -0.25) is 0 Å². The fourth-order valence-electron chi connectivity index (χ4n) is 3.04. The maximum absolute atomic E-state index is 3.79. The van der Waals surface area contributed by atoms with Crippen LogP contribution in [0.25, 0.3) is 0 Å². The fraction of sp³-hybridized carbons (Fsp3) is 0.733. The Bertz CT molecular complexity index is 301. The first kappa shape index (κ1) is 13.1. The van der Waals surface area contributed by atoms with Crippen molar-refractivity contribution in [3.8, 4) is 0 Å². The second kappa shape index (κ2) is 6.55. The Kier molecular flexibility index (Phi) is 5.05. The molecule has 0 saturated heterocycles. The third kappa shape index (κ3) is 4.11. The molecule has 2 atom stereocenters. The van der Waals surface area contributed by atoms with Gasteiger partial charge in [0.25, 0.3) is 0 Å². The molecule has 0 bridgehead atoms. The first-order valence-electron chi connectivity index (χ1n) is 7.03.